The Kier molecular flexibility index (Phi) is 4.32. The smallest absolute Gasteiger partial charge is 0.126 e. The third kappa shape index (κ3) is 3.08. The summed E-state index contributed by atoms with van der Waals surface area (Å²) in [4.78, 5) is 0. The molecule has 0 N–H and O–H groups in total. The Morgan fingerprint density at radius 2 is 1.61 bits per heavy atom. The molecule has 1 atom stereocenters. The predicted octanol–water partition coefficient (Wildman–Crippen LogP) is 4.53. The Balaban J connectivity index is 2.20. The van der Waals surface area contributed by atoms with E-state index in [0.29, 0.717) is 17.9 Å². The third-order valence-electron chi connectivity index (χ3n) is 2.95. The van der Waals surface area contributed by atoms with Crippen molar-refractivity contribution in [3.8, 4) is 0 Å². The van der Waals surface area contributed by atoms with Crippen LogP contribution in [0.1, 0.15) is 17.0 Å². The lowest BCUT2D eigenvalue weighted by Gasteiger charge is -2.14. The zero-order chi connectivity index (χ0) is 13.0. The van der Waals surface area contributed by atoms with Crippen LogP contribution in [0.5, 0.6) is 0 Å². The molecule has 0 spiro atoms. The molecule has 0 nitrogen and oxygen atoms in total. The monoisotopic (exact) mass is 266 g/mol. The van der Waals surface area contributed by atoms with Gasteiger partial charge in [-0.2, -0.15) is 0 Å². The van der Waals surface area contributed by atoms with E-state index in [9.17, 15) is 8.78 Å². The molecule has 0 aliphatic heterocycles. The van der Waals surface area contributed by atoms with Crippen LogP contribution in [-0.2, 0) is 6.42 Å². The van der Waals surface area contributed by atoms with Gasteiger partial charge >= 0.3 is 0 Å². The largest absolute Gasteiger partial charge is 0.207 e. The lowest BCUT2D eigenvalue weighted by atomic mass is 9.93. The number of rotatable bonds is 4. The molecular weight excluding hydrogens is 254 g/mol. The maximum absolute atomic E-state index is 13.6. The maximum Gasteiger partial charge on any atom is 0.126 e. The van der Waals surface area contributed by atoms with Crippen molar-refractivity contribution in [3.05, 3.63) is 71.3 Å². The minimum Gasteiger partial charge on any atom is -0.207 e. The second-order valence-corrected chi connectivity index (χ2v) is 4.51. The topological polar surface area (TPSA) is 0 Å². The van der Waals surface area contributed by atoms with E-state index in [-0.39, 0.29) is 17.6 Å². The molecule has 2 rings (SSSR count). The standard InChI is InChI=1S/C15H13ClF2/c16-10-13(11-5-7-14(17)8-6-11)9-12-3-1-2-4-15(12)18/h1-8,13H,9-10H2. The molecule has 2 aromatic rings. The first-order valence-corrected chi connectivity index (χ1v) is 6.29. The van der Waals surface area contributed by atoms with E-state index < -0.39 is 0 Å². The van der Waals surface area contributed by atoms with Gasteiger partial charge in [0.2, 0.25) is 0 Å². The summed E-state index contributed by atoms with van der Waals surface area (Å²) in [5.74, 6) is -0.142. The van der Waals surface area contributed by atoms with Crippen LogP contribution in [0.4, 0.5) is 8.78 Å². The molecule has 2 aromatic carbocycles. The number of hydrogen-bond acceptors (Lipinski definition) is 0. The summed E-state index contributed by atoms with van der Waals surface area (Å²) in [6.07, 6.45) is 0.516. The fraction of sp³-hybridized carbons (Fsp3) is 0.200. The van der Waals surface area contributed by atoms with E-state index in [1.165, 1.54) is 18.2 Å². The van der Waals surface area contributed by atoms with Gasteiger partial charge in [0.1, 0.15) is 11.6 Å². The van der Waals surface area contributed by atoms with Crippen molar-refractivity contribution in [2.75, 3.05) is 5.88 Å². The van der Waals surface area contributed by atoms with E-state index in [1.807, 2.05) is 0 Å². The minimum atomic E-state index is -0.280. The van der Waals surface area contributed by atoms with Crippen molar-refractivity contribution in [3.63, 3.8) is 0 Å². The number of halogens is 3. The summed E-state index contributed by atoms with van der Waals surface area (Å²) < 4.78 is 26.4. The first-order chi connectivity index (χ1) is 8.70. The van der Waals surface area contributed by atoms with Crippen molar-refractivity contribution in [2.45, 2.75) is 12.3 Å². The Bertz CT molecular complexity index is 508. The average molecular weight is 267 g/mol. The van der Waals surface area contributed by atoms with Crippen molar-refractivity contribution >= 4 is 11.6 Å². The van der Waals surface area contributed by atoms with Crippen molar-refractivity contribution < 1.29 is 8.78 Å². The molecule has 0 saturated carbocycles. The summed E-state index contributed by atoms with van der Waals surface area (Å²) in [6, 6.07) is 12.8. The van der Waals surface area contributed by atoms with Crippen LogP contribution in [0.15, 0.2) is 48.5 Å². The van der Waals surface area contributed by atoms with Crippen LogP contribution in [-0.4, -0.2) is 5.88 Å². The molecule has 0 aliphatic rings. The van der Waals surface area contributed by atoms with Crippen molar-refractivity contribution in [1.29, 1.82) is 0 Å². The molecule has 18 heavy (non-hydrogen) atoms. The third-order valence-corrected chi connectivity index (χ3v) is 3.32. The second kappa shape index (κ2) is 5.96. The first-order valence-electron chi connectivity index (χ1n) is 5.75. The van der Waals surface area contributed by atoms with Gasteiger partial charge in [-0.1, -0.05) is 30.3 Å². The zero-order valence-corrected chi connectivity index (χ0v) is 10.5. The Labute approximate surface area is 110 Å². The number of alkyl halides is 1. The lowest BCUT2D eigenvalue weighted by Crippen LogP contribution is -2.06. The van der Waals surface area contributed by atoms with Gasteiger partial charge in [0.15, 0.2) is 0 Å². The van der Waals surface area contributed by atoms with Crippen LogP contribution in [0.3, 0.4) is 0 Å². The normalized spacial score (nSPS) is 12.4. The SMILES string of the molecule is Fc1ccc(C(CCl)Cc2ccccc2F)cc1. The molecular formula is C15H13ClF2. The molecule has 0 heterocycles. The zero-order valence-electron chi connectivity index (χ0n) is 9.74. The summed E-state index contributed by atoms with van der Waals surface area (Å²) in [7, 11) is 0. The molecule has 0 fully saturated rings. The molecule has 1 unspecified atom stereocenters. The van der Waals surface area contributed by atoms with Gasteiger partial charge in [0.25, 0.3) is 0 Å². The highest BCUT2D eigenvalue weighted by Gasteiger charge is 2.13. The Hall–Kier alpha value is -1.41. The molecule has 0 aromatic heterocycles. The van der Waals surface area contributed by atoms with Crippen LogP contribution < -0.4 is 0 Å². The molecule has 0 bridgehead atoms. The fourth-order valence-electron chi connectivity index (χ4n) is 1.93. The van der Waals surface area contributed by atoms with E-state index in [2.05, 4.69) is 0 Å². The highest BCUT2D eigenvalue weighted by Crippen LogP contribution is 2.23. The van der Waals surface area contributed by atoms with Gasteiger partial charge in [-0.25, -0.2) is 8.78 Å². The number of hydrogen-bond donors (Lipinski definition) is 0. The second-order valence-electron chi connectivity index (χ2n) is 4.20. The summed E-state index contributed by atoms with van der Waals surface area (Å²) in [6.45, 7) is 0. The highest BCUT2D eigenvalue weighted by atomic mass is 35.5. The quantitative estimate of drug-likeness (QED) is 0.713. The number of benzene rings is 2. The van der Waals surface area contributed by atoms with Crippen molar-refractivity contribution in [2.24, 2.45) is 0 Å². The summed E-state index contributed by atoms with van der Waals surface area (Å²) >= 11 is 5.93. The minimum absolute atomic E-state index is 0.0100. The van der Waals surface area contributed by atoms with Crippen LogP contribution in [0.2, 0.25) is 0 Å². The van der Waals surface area contributed by atoms with E-state index in [0.717, 1.165) is 5.56 Å². The molecule has 0 radical (unpaired) electrons. The van der Waals surface area contributed by atoms with Gasteiger partial charge in [0, 0.05) is 11.8 Å². The van der Waals surface area contributed by atoms with E-state index >= 15 is 0 Å². The molecule has 94 valence electrons. The van der Waals surface area contributed by atoms with Crippen LogP contribution >= 0.6 is 11.6 Å². The predicted molar refractivity (Wildman–Crippen MR) is 70.0 cm³/mol. The van der Waals surface area contributed by atoms with Crippen LogP contribution in [0, 0.1) is 11.6 Å². The maximum atomic E-state index is 13.6. The van der Waals surface area contributed by atoms with E-state index in [1.54, 1.807) is 30.3 Å². The molecule has 3 heteroatoms. The molecule has 0 amide bonds. The average Bonchev–Trinajstić information content (AvgIpc) is 2.39. The fourth-order valence-corrected chi connectivity index (χ4v) is 2.21. The van der Waals surface area contributed by atoms with Crippen LogP contribution in [0.25, 0.3) is 0 Å². The Morgan fingerprint density at radius 1 is 0.944 bits per heavy atom. The summed E-state index contributed by atoms with van der Waals surface area (Å²) in [5, 5.41) is 0. The van der Waals surface area contributed by atoms with Gasteiger partial charge in [-0.15, -0.1) is 11.6 Å². The summed E-state index contributed by atoms with van der Waals surface area (Å²) in [5.41, 5.74) is 1.56. The van der Waals surface area contributed by atoms with Gasteiger partial charge in [0.05, 0.1) is 0 Å². The first kappa shape index (κ1) is 13.0. The lowest BCUT2D eigenvalue weighted by molar-refractivity contribution is 0.597. The Morgan fingerprint density at radius 3 is 2.22 bits per heavy atom. The molecule has 0 saturated heterocycles. The van der Waals surface area contributed by atoms with E-state index in [4.69, 9.17) is 11.6 Å². The van der Waals surface area contributed by atoms with Gasteiger partial charge in [-0.05, 0) is 35.7 Å². The van der Waals surface area contributed by atoms with Gasteiger partial charge in [-0.3, -0.25) is 0 Å². The highest BCUT2D eigenvalue weighted by molar-refractivity contribution is 6.18. The van der Waals surface area contributed by atoms with Gasteiger partial charge < -0.3 is 0 Å². The molecule has 0 aliphatic carbocycles. The van der Waals surface area contributed by atoms with Crippen molar-refractivity contribution in [1.82, 2.24) is 0 Å².